The molecule has 8 heteroatoms. The van der Waals surface area contributed by atoms with Crippen LogP contribution in [0.25, 0.3) is 0 Å². The summed E-state index contributed by atoms with van der Waals surface area (Å²) in [7, 11) is 0. The maximum Gasteiger partial charge on any atom is 0.318 e. The van der Waals surface area contributed by atoms with Crippen molar-refractivity contribution in [1.29, 1.82) is 0 Å². The molecule has 0 unspecified atom stereocenters. The van der Waals surface area contributed by atoms with Gasteiger partial charge in [0.25, 0.3) is 11.8 Å². The number of rotatable bonds is 3. The summed E-state index contributed by atoms with van der Waals surface area (Å²) in [4.78, 5) is 15.8. The van der Waals surface area contributed by atoms with Crippen molar-refractivity contribution in [2.45, 2.75) is 13.3 Å². The van der Waals surface area contributed by atoms with E-state index in [1.54, 1.807) is 21.9 Å². The van der Waals surface area contributed by atoms with Crippen molar-refractivity contribution < 1.29 is 18.0 Å². The Balaban J connectivity index is 1.61. The Hall–Kier alpha value is -2.51. The van der Waals surface area contributed by atoms with E-state index in [9.17, 15) is 13.6 Å². The lowest BCUT2D eigenvalue weighted by Crippen LogP contribution is -2.48. The molecule has 0 saturated carbocycles. The van der Waals surface area contributed by atoms with Crippen LogP contribution in [0.3, 0.4) is 0 Å². The predicted molar refractivity (Wildman–Crippen MR) is 78.6 cm³/mol. The number of aromatic nitrogens is 2. The van der Waals surface area contributed by atoms with E-state index in [0.29, 0.717) is 31.7 Å². The van der Waals surface area contributed by atoms with Crippen molar-refractivity contribution in [2.75, 3.05) is 31.1 Å². The summed E-state index contributed by atoms with van der Waals surface area (Å²) in [6, 6.07) is 7.47. The first-order chi connectivity index (χ1) is 11.0. The van der Waals surface area contributed by atoms with Gasteiger partial charge in [0.1, 0.15) is 0 Å². The standard InChI is InChI=1S/C15H16F2N4O2/c1-10-2-4-11(5-3-10)14(22)20-6-8-21(9-7-20)15-19-18-13(23-15)12(16)17/h2-5,12H,6-9H2,1H3. The van der Waals surface area contributed by atoms with Gasteiger partial charge in [0, 0.05) is 31.7 Å². The van der Waals surface area contributed by atoms with E-state index >= 15 is 0 Å². The average Bonchev–Trinajstić information content (AvgIpc) is 3.05. The van der Waals surface area contributed by atoms with E-state index in [1.807, 2.05) is 19.1 Å². The molecule has 1 aromatic carbocycles. The molecule has 3 rings (SSSR count). The second kappa shape index (κ2) is 6.31. The van der Waals surface area contributed by atoms with Crippen molar-refractivity contribution in [1.82, 2.24) is 15.1 Å². The summed E-state index contributed by atoms with van der Waals surface area (Å²) in [5, 5.41) is 6.94. The highest BCUT2D eigenvalue weighted by Gasteiger charge is 2.26. The average molecular weight is 322 g/mol. The molecule has 1 aliphatic rings. The fourth-order valence-corrected chi connectivity index (χ4v) is 2.42. The SMILES string of the molecule is Cc1ccc(C(=O)N2CCN(c3nnc(C(F)F)o3)CC2)cc1. The van der Waals surface area contributed by atoms with Gasteiger partial charge in [-0.2, -0.15) is 8.78 Å². The van der Waals surface area contributed by atoms with Crippen molar-refractivity contribution in [2.24, 2.45) is 0 Å². The first-order valence-electron chi connectivity index (χ1n) is 7.27. The molecule has 0 aliphatic carbocycles. The molecule has 0 bridgehead atoms. The molecule has 0 spiro atoms. The van der Waals surface area contributed by atoms with E-state index in [0.717, 1.165) is 5.56 Å². The van der Waals surface area contributed by atoms with Crippen LogP contribution in [-0.2, 0) is 0 Å². The second-order valence-corrected chi connectivity index (χ2v) is 5.37. The normalized spacial score (nSPS) is 15.3. The zero-order valence-electron chi connectivity index (χ0n) is 12.6. The Labute approximate surface area is 131 Å². The van der Waals surface area contributed by atoms with Gasteiger partial charge in [-0.1, -0.05) is 22.8 Å². The van der Waals surface area contributed by atoms with Gasteiger partial charge in [0.05, 0.1) is 0 Å². The number of hydrogen-bond donors (Lipinski definition) is 0. The van der Waals surface area contributed by atoms with Gasteiger partial charge < -0.3 is 14.2 Å². The molecule has 122 valence electrons. The summed E-state index contributed by atoms with van der Waals surface area (Å²) in [5.74, 6) is -0.721. The lowest BCUT2D eigenvalue weighted by atomic mass is 10.1. The van der Waals surface area contributed by atoms with Crippen LogP contribution in [-0.4, -0.2) is 47.2 Å². The summed E-state index contributed by atoms with van der Waals surface area (Å²) < 4.78 is 29.9. The summed E-state index contributed by atoms with van der Waals surface area (Å²) in [6.07, 6.45) is -2.78. The van der Waals surface area contributed by atoms with Gasteiger partial charge in [-0.05, 0) is 19.1 Å². The number of halogens is 2. The number of aryl methyl sites for hydroxylation is 1. The zero-order chi connectivity index (χ0) is 16.4. The first kappa shape index (κ1) is 15.4. The fraction of sp³-hybridized carbons (Fsp3) is 0.400. The van der Waals surface area contributed by atoms with Gasteiger partial charge in [0.2, 0.25) is 0 Å². The Kier molecular flexibility index (Phi) is 4.22. The van der Waals surface area contributed by atoms with Crippen LogP contribution in [0.5, 0.6) is 0 Å². The molecule has 0 atom stereocenters. The molecule has 1 saturated heterocycles. The topological polar surface area (TPSA) is 62.5 Å². The Morgan fingerprint density at radius 2 is 1.78 bits per heavy atom. The van der Waals surface area contributed by atoms with Crippen LogP contribution in [0.4, 0.5) is 14.8 Å². The minimum absolute atomic E-state index is 0.0385. The van der Waals surface area contributed by atoms with Crippen molar-refractivity contribution in [3.05, 3.63) is 41.3 Å². The lowest BCUT2D eigenvalue weighted by molar-refractivity contribution is 0.0744. The molecule has 0 N–H and O–H groups in total. The minimum atomic E-state index is -2.78. The molecule has 2 aromatic rings. The van der Waals surface area contributed by atoms with Crippen LogP contribution in [0, 0.1) is 6.92 Å². The van der Waals surface area contributed by atoms with Crippen LogP contribution >= 0.6 is 0 Å². The third-order valence-electron chi connectivity index (χ3n) is 3.75. The Bertz CT molecular complexity index is 679. The molecule has 1 amide bonds. The molecular weight excluding hydrogens is 306 g/mol. The number of piperazine rings is 1. The minimum Gasteiger partial charge on any atom is -0.402 e. The third kappa shape index (κ3) is 3.30. The highest BCUT2D eigenvalue weighted by Crippen LogP contribution is 2.22. The Morgan fingerprint density at radius 3 is 2.35 bits per heavy atom. The van der Waals surface area contributed by atoms with E-state index in [1.165, 1.54) is 0 Å². The number of hydrogen-bond acceptors (Lipinski definition) is 5. The number of amides is 1. The highest BCUT2D eigenvalue weighted by atomic mass is 19.3. The largest absolute Gasteiger partial charge is 0.402 e. The van der Waals surface area contributed by atoms with Gasteiger partial charge in [-0.3, -0.25) is 4.79 Å². The van der Waals surface area contributed by atoms with Crippen LogP contribution < -0.4 is 4.90 Å². The number of carbonyl (C=O) groups is 1. The van der Waals surface area contributed by atoms with E-state index in [-0.39, 0.29) is 11.9 Å². The summed E-state index contributed by atoms with van der Waals surface area (Å²) >= 11 is 0. The zero-order valence-corrected chi connectivity index (χ0v) is 12.6. The maximum absolute atomic E-state index is 12.5. The second-order valence-electron chi connectivity index (χ2n) is 5.37. The molecule has 23 heavy (non-hydrogen) atoms. The smallest absolute Gasteiger partial charge is 0.318 e. The highest BCUT2D eigenvalue weighted by molar-refractivity contribution is 5.94. The molecule has 0 radical (unpaired) electrons. The van der Waals surface area contributed by atoms with Gasteiger partial charge in [-0.15, -0.1) is 5.10 Å². The lowest BCUT2D eigenvalue weighted by Gasteiger charge is -2.33. The number of alkyl halides is 2. The van der Waals surface area contributed by atoms with Gasteiger partial charge in [0.15, 0.2) is 0 Å². The molecule has 1 fully saturated rings. The first-order valence-corrected chi connectivity index (χ1v) is 7.27. The third-order valence-corrected chi connectivity index (χ3v) is 3.75. The van der Waals surface area contributed by atoms with Crippen LogP contribution in [0.15, 0.2) is 28.7 Å². The van der Waals surface area contributed by atoms with E-state index < -0.39 is 12.3 Å². The monoisotopic (exact) mass is 322 g/mol. The number of nitrogens with zero attached hydrogens (tertiary/aromatic N) is 4. The molecular formula is C15H16F2N4O2. The molecule has 6 nitrogen and oxygen atoms in total. The Morgan fingerprint density at radius 1 is 1.13 bits per heavy atom. The molecule has 1 aliphatic heterocycles. The van der Waals surface area contributed by atoms with Crippen molar-refractivity contribution >= 4 is 11.9 Å². The summed E-state index contributed by atoms with van der Waals surface area (Å²) in [6.45, 7) is 3.83. The van der Waals surface area contributed by atoms with Crippen LogP contribution in [0.2, 0.25) is 0 Å². The van der Waals surface area contributed by atoms with E-state index in [4.69, 9.17) is 4.42 Å². The van der Waals surface area contributed by atoms with Crippen molar-refractivity contribution in [3.8, 4) is 0 Å². The van der Waals surface area contributed by atoms with Gasteiger partial charge >= 0.3 is 12.4 Å². The number of benzene rings is 1. The van der Waals surface area contributed by atoms with Crippen LogP contribution in [0.1, 0.15) is 28.2 Å². The summed E-state index contributed by atoms with van der Waals surface area (Å²) in [5.41, 5.74) is 1.74. The molecule has 2 heterocycles. The molecule has 1 aromatic heterocycles. The van der Waals surface area contributed by atoms with Gasteiger partial charge in [-0.25, -0.2) is 0 Å². The maximum atomic E-state index is 12.5. The predicted octanol–water partition coefficient (Wildman–Crippen LogP) is 2.28. The number of carbonyl (C=O) groups excluding carboxylic acids is 1. The van der Waals surface area contributed by atoms with E-state index in [2.05, 4.69) is 10.2 Å². The van der Waals surface area contributed by atoms with Crippen molar-refractivity contribution in [3.63, 3.8) is 0 Å². The number of anilines is 1. The quantitative estimate of drug-likeness (QED) is 0.867. The fourth-order valence-electron chi connectivity index (χ4n) is 2.42.